The van der Waals surface area contributed by atoms with Gasteiger partial charge in [-0.25, -0.2) is 0 Å². The van der Waals surface area contributed by atoms with Gasteiger partial charge in [-0.1, -0.05) is 18.6 Å². The first-order valence-corrected chi connectivity index (χ1v) is 10.5. The van der Waals surface area contributed by atoms with Crippen molar-refractivity contribution in [3.8, 4) is 0 Å². The van der Waals surface area contributed by atoms with Crippen molar-refractivity contribution in [2.75, 3.05) is 7.05 Å². The van der Waals surface area contributed by atoms with Crippen LogP contribution in [-0.2, 0) is 0 Å². The van der Waals surface area contributed by atoms with E-state index in [1.807, 2.05) is 0 Å². The zero-order valence-corrected chi connectivity index (χ0v) is 15.7. The lowest BCUT2D eigenvalue weighted by Gasteiger charge is -2.57. The molecule has 4 aliphatic carbocycles. The van der Waals surface area contributed by atoms with E-state index in [0.717, 1.165) is 29.7 Å². The molecule has 0 aromatic rings. The summed E-state index contributed by atoms with van der Waals surface area (Å²) in [6.07, 6.45) is 16.3. The van der Waals surface area contributed by atoms with Crippen LogP contribution in [0, 0.1) is 34.5 Å². The standard InChI is InChI=1S/C22H34N2/c1-14-18-6-7-20-17-5-4-15-12-16(23-3)8-10-21(15,2)19(17)9-11-22(18,20)13-24-14/h4,13-14,16-20,23H,5-12H2,1-3H3/t14-,16-,17+,18+,19+,20-,21-,22-/m0/s1. The summed E-state index contributed by atoms with van der Waals surface area (Å²) < 4.78 is 0. The highest BCUT2D eigenvalue weighted by atomic mass is 14.9. The molecule has 0 unspecified atom stereocenters. The van der Waals surface area contributed by atoms with Crippen LogP contribution in [0.2, 0.25) is 0 Å². The largest absolute Gasteiger partial charge is 0.317 e. The van der Waals surface area contributed by atoms with E-state index < -0.39 is 0 Å². The summed E-state index contributed by atoms with van der Waals surface area (Å²) in [5.41, 5.74) is 2.79. The van der Waals surface area contributed by atoms with Gasteiger partial charge in [0, 0.05) is 17.7 Å². The van der Waals surface area contributed by atoms with Gasteiger partial charge >= 0.3 is 0 Å². The van der Waals surface area contributed by atoms with E-state index in [9.17, 15) is 0 Å². The van der Waals surface area contributed by atoms with Crippen molar-refractivity contribution < 1.29 is 0 Å². The molecule has 8 atom stereocenters. The molecule has 0 bridgehead atoms. The third kappa shape index (κ3) is 1.84. The zero-order valence-electron chi connectivity index (χ0n) is 15.7. The molecule has 132 valence electrons. The average Bonchev–Trinajstić information content (AvgIpc) is 3.12. The Kier molecular flexibility index (Phi) is 3.38. The van der Waals surface area contributed by atoms with Crippen molar-refractivity contribution in [2.45, 2.75) is 77.3 Å². The summed E-state index contributed by atoms with van der Waals surface area (Å²) >= 11 is 0. The van der Waals surface area contributed by atoms with Crippen LogP contribution in [0.1, 0.15) is 65.2 Å². The monoisotopic (exact) mass is 326 g/mol. The highest BCUT2D eigenvalue weighted by Crippen LogP contribution is 2.67. The zero-order chi connectivity index (χ0) is 16.5. The van der Waals surface area contributed by atoms with Crippen LogP contribution in [0.15, 0.2) is 16.6 Å². The highest BCUT2D eigenvalue weighted by molar-refractivity contribution is 5.71. The van der Waals surface area contributed by atoms with E-state index in [0.29, 0.717) is 16.9 Å². The molecule has 2 heteroatoms. The quantitative estimate of drug-likeness (QED) is 0.699. The van der Waals surface area contributed by atoms with E-state index >= 15 is 0 Å². The second-order valence-corrected chi connectivity index (χ2v) is 9.84. The van der Waals surface area contributed by atoms with Gasteiger partial charge in [0.15, 0.2) is 0 Å². The topological polar surface area (TPSA) is 24.4 Å². The Hall–Kier alpha value is -0.630. The van der Waals surface area contributed by atoms with Gasteiger partial charge in [-0.3, -0.25) is 4.99 Å². The van der Waals surface area contributed by atoms with Crippen molar-refractivity contribution in [1.29, 1.82) is 0 Å². The molecule has 0 amide bonds. The summed E-state index contributed by atoms with van der Waals surface area (Å²) in [7, 11) is 2.14. The fourth-order valence-electron chi connectivity index (χ4n) is 7.98. The summed E-state index contributed by atoms with van der Waals surface area (Å²) in [5, 5.41) is 3.54. The average molecular weight is 327 g/mol. The number of allylic oxidation sites excluding steroid dienone is 1. The Bertz CT molecular complexity index is 593. The number of rotatable bonds is 1. The SMILES string of the molecule is CN[C@H]1CC[C@@]2(C)C(=CC[C@@H]3[C@H]2CC[C@]24C=N[C@@H](C)[C@H]2CC[C@@H]34)C1. The molecule has 0 radical (unpaired) electrons. The third-order valence-corrected chi connectivity index (χ3v) is 9.30. The van der Waals surface area contributed by atoms with Gasteiger partial charge in [0.25, 0.3) is 0 Å². The molecular formula is C22H34N2. The number of nitrogens with zero attached hydrogens (tertiary/aromatic N) is 1. The third-order valence-electron chi connectivity index (χ3n) is 9.30. The lowest BCUT2D eigenvalue weighted by molar-refractivity contribution is -0.0157. The molecule has 5 rings (SSSR count). The van der Waals surface area contributed by atoms with E-state index in [1.54, 1.807) is 5.57 Å². The first-order valence-electron chi connectivity index (χ1n) is 10.5. The molecule has 3 saturated carbocycles. The first-order chi connectivity index (χ1) is 11.6. The van der Waals surface area contributed by atoms with Crippen LogP contribution in [0.5, 0.6) is 0 Å². The van der Waals surface area contributed by atoms with Crippen LogP contribution in [0.25, 0.3) is 0 Å². The fourth-order valence-corrected chi connectivity index (χ4v) is 7.98. The molecule has 0 saturated heterocycles. The minimum atomic E-state index is 0.491. The van der Waals surface area contributed by atoms with Crippen LogP contribution in [0.3, 0.4) is 0 Å². The maximum absolute atomic E-state index is 4.90. The molecule has 0 aromatic carbocycles. The number of hydrogen-bond acceptors (Lipinski definition) is 2. The molecule has 5 aliphatic rings. The molecule has 2 nitrogen and oxygen atoms in total. The smallest absolute Gasteiger partial charge is 0.0504 e. The summed E-state index contributed by atoms with van der Waals surface area (Å²) in [4.78, 5) is 4.90. The van der Waals surface area contributed by atoms with Gasteiger partial charge in [0.1, 0.15) is 0 Å². The van der Waals surface area contributed by atoms with Crippen LogP contribution in [-0.4, -0.2) is 25.3 Å². The summed E-state index contributed by atoms with van der Waals surface area (Å²) in [6.45, 7) is 4.99. The van der Waals surface area contributed by atoms with Crippen LogP contribution < -0.4 is 5.32 Å². The Balaban J connectivity index is 1.48. The predicted octanol–water partition coefficient (Wildman–Crippen LogP) is 4.61. The van der Waals surface area contributed by atoms with Crippen molar-refractivity contribution in [2.24, 2.45) is 39.5 Å². The van der Waals surface area contributed by atoms with Crippen LogP contribution >= 0.6 is 0 Å². The molecule has 24 heavy (non-hydrogen) atoms. The first kappa shape index (κ1) is 15.6. The second-order valence-electron chi connectivity index (χ2n) is 9.84. The van der Waals surface area contributed by atoms with Crippen molar-refractivity contribution in [1.82, 2.24) is 5.32 Å². The maximum atomic E-state index is 4.90. The summed E-state index contributed by atoms with van der Waals surface area (Å²) in [6, 6.07) is 1.30. The van der Waals surface area contributed by atoms with Gasteiger partial charge in [-0.15, -0.1) is 0 Å². The van der Waals surface area contributed by atoms with Gasteiger partial charge in [0.2, 0.25) is 0 Å². The molecule has 3 fully saturated rings. The maximum Gasteiger partial charge on any atom is 0.0504 e. The Labute approximate surface area is 147 Å². The van der Waals surface area contributed by atoms with E-state index in [1.165, 1.54) is 51.4 Å². The molecule has 1 spiro atoms. The van der Waals surface area contributed by atoms with Crippen LogP contribution in [0.4, 0.5) is 0 Å². The second kappa shape index (κ2) is 5.19. The number of aliphatic imine (C=N–C) groups is 1. The molecule has 1 heterocycles. The molecule has 0 aromatic heterocycles. The number of nitrogens with one attached hydrogen (secondary N) is 1. The van der Waals surface area contributed by atoms with E-state index in [4.69, 9.17) is 4.99 Å². The minimum absolute atomic E-state index is 0.491. The predicted molar refractivity (Wildman–Crippen MR) is 100 cm³/mol. The Morgan fingerprint density at radius 3 is 2.75 bits per heavy atom. The van der Waals surface area contributed by atoms with Crippen molar-refractivity contribution >= 4 is 6.21 Å². The highest BCUT2D eigenvalue weighted by Gasteiger charge is 2.62. The van der Waals surface area contributed by atoms with E-state index in [2.05, 4.69) is 38.5 Å². The number of fused-ring (bicyclic) bond motifs is 4. The minimum Gasteiger partial charge on any atom is -0.317 e. The van der Waals surface area contributed by atoms with Gasteiger partial charge in [0.05, 0.1) is 6.04 Å². The number of hydrogen-bond donors (Lipinski definition) is 1. The Morgan fingerprint density at radius 1 is 1.08 bits per heavy atom. The fraction of sp³-hybridized carbons (Fsp3) is 0.864. The van der Waals surface area contributed by atoms with Gasteiger partial charge in [-0.05, 0) is 94.4 Å². The molecule has 1 N–H and O–H groups in total. The van der Waals surface area contributed by atoms with Gasteiger partial charge in [-0.2, -0.15) is 0 Å². The molecule has 1 aliphatic heterocycles. The van der Waals surface area contributed by atoms with Gasteiger partial charge < -0.3 is 5.32 Å². The lowest BCUT2D eigenvalue weighted by atomic mass is 9.47. The normalized spacial score (nSPS) is 55.4. The van der Waals surface area contributed by atoms with Crippen molar-refractivity contribution in [3.05, 3.63) is 11.6 Å². The summed E-state index contributed by atoms with van der Waals surface area (Å²) in [5.74, 6) is 3.66. The Morgan fingerprint density at radius 2 is 1.92 bits per heavy atom. The van der Waals surface area contributed by atoms with E-state index in [-0.39, 0.29) is 0 Å². The lowest BCUT2D eigenvalue weighted by Crippen LogP contribution is -2.52. The molecular weight excluding hydrogens is 292 g/mol. The van der Waals surface area contributed by atoms with Crippen molar-refractivity contribution in [3.63, 3.8) is 0 Å².